The van der Waals surface area contributed by atoms with Crippen LogP contribution >= 0.6 is 0 Å². The zero-order valence-electron chi connectivity index (χ0n) is 20.6. The number of fused-ring (bicyclic) bond motifs is 3. The topological polar surface area (TPSA) is 106 Å². The number of rotatable bonds is 9. The summed E-state index contributed by atoms with van der Waals surface area (Å²) in [4.78, 5) is 25.1. The highest BCUT2D eigenvalue weighted by molar-refractivity contribution is 5.79. The smallest absolute Gasteiger partial charge is 0.484 e. The number of aryl methyl sites for hydroxylation is 1. The summed E-state index contributed by atoms with van der Waals surface area (Å²) in [7, 11) is 0. The third kappa shape index (κ3) is 6.66. The third-order valence-corrected chi connectivity index (χ3v) is 7.05. The summed E-state index contributed by atoms with van der Waals surface area (Å²) in [5.41, 5.74) is -1.04. The molecule has 3 saturated carbocycles. The first kappa shape index (κ1) is 27.5. The van der Waals surface area contributed by atoms with Gasteiger partial charge in [-0.25, -0.2) is 4.39 Å². The first-order valence-electron chi connectivity index (χ1n) is 12.0. The SMILES string of the molecule is Cc1ccc(OCC(=O)NC23CCC(NC(=O)COc4ccc(OC(F)(F)F)cc4)(CC2)[C@H](O)C3)cc1F. The Morgan fingerprint density at radius 3 is 2.05 bits per heavy atom. The lowest BCUT2D eigenvalue weighted by Gasteiger charge is -2.56. The second-order valence-electron chi connectivity index (χ2n) is 9.76. The maximum atomic E-state index is 13.7. The van der Waals surface area contributed by atoms with E-state index in [1.165, 1.54) is 18.2 Å². The molecule has 206 valence electrons. The van der Waals surface area contributed by atoms with Crippen LogP contribution in [0.25, 0.3) is 0 Å². The van der Waals surface area contributed by atoms with Crippen LogP contribution in [0.5, 0.6) is 17.2 Å². The van der Waals surface area contributed by atoms with Gasteiger partial charge in [0.2, 0.25) is 0 Å². The fourth-order valence-corrected chi connectivity index (χ4v) is 5.01. The number of nitrogens with one attached hydrogen (secondary N) is 2. The molecule has 3 N–H and O–H groups in total. The number of alkyl halides is 3. The number of ether oxygens (including phenoxy) is 3. The van der Waals surface area contributed by atoms with Crippen LogP contribution in [0.15, 0.2) is 42.5 Å². The minimum absolute atomic E-state index is 0.178. The van der Waals surface area contributed by atoms with Crippen molar-refractivity contribution < 1.29 is 46.5 Å². The van der Waals surface area contributed by atoms with Gasteiger partial charge in [0.1, 0.15) is 23.1 Å². The number of hydrogen-bond donors (Lipinski definition) is 3. The van der Waals surface area contributed by atoms with Crippen molar-refractivity contribution in [1.29, 1.82) is 0 Å². The van der Waals surface area contributed by atoms with E-state index < -0.39 is 53.5 Å². The highest BCUT2D eigenvalue weighted by atomic mass is 19.4. The number of carbonyl (C=O) groups excluding carboxylic acids is 2. The summed E-state index contributed by atoms with van der Waals surface area (Å²) < 4.78 is 65.0. The van der Waals surface area contributed by atoms with Gasteiger partial charge in [0, 0.05) is 11.6 Å². The van der Waals surface area contributed by atoms with Crippen molar-refractivity contribution in [2.24, 2.45) is 0 Å². The molecule has 2 aromatic rings. The van der Waals surface area contributed by atoms with Gasteiger partial charge in [0.25, 0.3) is 11.8 Å². The van der Waals surface area contributed by atoms with Gasteiger partial charge in [-0.1, -0.05) is 6.07 Å². The minimum Gasteiger partial charge on any atom is -0.484 e. The van der Waals surface area contributed by atoms with Crippen LogP contribution < -0.4 is 24.8 Å². The van der Waals surface area contributed by atoms with E-state index in [1.807, 2.05) is 0 Å². The van der Waals surface area contributed by atoms with Crippen molar-refractivity contribution in [3.8, 4) is 17.2 Å². The van der Waals surface area contributed by atoms with E-state index in [0.717, 1.165) is 12.1 Å². The average molecular weight is 541 g/mol. The summed E-state index contributed by atoms with van der Waals surface area (Å²) >= 11 is 0. The van der Waals surface area contributed by atoms with Gasteiger partial charge in [-0.05, 0) is 74.9 Å². The number of benzene rings is 2. The van der Waals surface area contributed by atoms with Gasteiger partial charge in [0.15, 0.2) is 13.2 Å². The van der Waals surface area contributed by atoms with Gasteiger partial charge in [0.05, 0.1) is 11.6 Å². The first-order valence-corrected chi connectivity index (χ1v) is 12.0. The number of carbonyl (C=O) groups is 2. The van der Waals surface area contributed by atoms with E-state index in [9.17, 15) is 32.3 Å². The van der Waals surface area contributed by atoms with Crippen LogP contribution in [-0.4, -0.2) is 53.7 Å². The van der Waals surface area contributed by atoms with Crippen LogP contribution in [-0.2, 0) is 9.59 Å². The van der Waals surface area contributed by atoms with E-state index in [4.69, 9.17) is 9.47 Å². The number of halogens is 4. The number of aliphatic hydroxyl groups is 1. The maximum absolute atomic E-state index is 13.7. The van der Waals surface area contributed by atoms with Gasteiger partial charge in [-0.15, -0.1) is 13.2 Å². The maximum Gasteiger partial charge on any atom is 0.573 e. The summed E-state index contributed by atoms with van der Waals surface area (Å²) in [6.45, 7) is 0.923. The molecule has 38 heavy (non-hydrogen) atoms. The molecule has 0 radical (unpaired) electrons. The van der Waals surface area contributed by atoms with Crippen LogP contribution in [0, 0.1) is 12.7 Å². The van der Waals surface area contributed by atoms with Crippen molar-refractivity contribution in [3.05, 3.63) is 53.8 Å². The fraction of sp³-hybridized carbons (Fsp3) is 0.462. The molecule has 12 heteroatoms. The Kier molecular flexibility index (Phi) is 7.73. The first-order chi connectivity index (χ1) is 17.9. The fourth-order valence-electron chi connectivity index (χ4n) is 5.01. The Morgan fingerprint density at radius 1 is 0.921 bits per heavy atom. The van der Waals surface area contributed by atoms with Crippen molar-refractivity contribution in [1.82, 2.24) is 10.6 Å². The lowest BCUT2D eigenvalue weighted by molar-refractivity contribution is -0.274. The van der Waals surface area contributed by atoms with Crippen LogP contribution in [0.4, 0.5) is 17.6 Å². The van der Waals surface area contributed by atoms with Gasteiger partial charge in [-0.2, -0.15) is 0 Å². The number of aliphatic hydroxyl groups excluding tert-OH is 1. The van der Waals surface area contributed by atoms with E-state index in [2.05, 4.69) is 15.4 Å². The van der Waals surface area contributed by atoms with Crippen molar-refractivity contribution in [3.63, 3.8) is 0 Å². The lowest BCUT2D eigenvalue weighted by Crippen LogP contribution is -2.70. The molecule has 0 aromatic heterocycles. The predicted octanol–water partition coefficient (Wildman–Crippen LogP) is 3.54. The average Bonchev–Trinajstić information content (AvgIpc) is 2.84. The molecule has 8 nitrogen and oxygen atoms in total. The molecule has 3 aliphatic rings. The normalized spacial score (nSPS) is 24.4. The molecule has 3 fully saturated rings. The van der Waals surface area contributed by atoms with Crippen molar-refractivity contribution in [2.75, 3.05) is 13.2 Å². The molecular formula is C26H28F4N2O6. The Bertz CT molecular complexity index is 1160. The van der Waals surface area contributed by atoms with Gasteiger partial charge >= 0.3 is 6.36 Å². The Morgan fingerprint density at radius 2 is 1.47 bits per heavy atom. The van der Waals surface area contributed by atoms with Gasteiger partial charge in [-0.3, -0.25) is 9.59 Å². The highest BCUT2D eigenvalue weighted by Gasteiger charge is 2.55. The van der Waals surface area contributed by atoms with Gasteiger partial charge < -0.3 is 30.0 Å². The molecule has 0 unspecified atom stereocenters. The molecule has 1 atom stereocenters. The zero-order valence-corrected chi connectivity index (χ0v) is 20.6. The highest BCUT2D eigenvalue weighted by Crippen LogP contribution is 2.47. The van der Waals surface area contributed by atoms with Crippen LogP contribution in [0.1, 0.15) is 37.7 Å². The van der Waals surface area contributed by atoms with E-state index in [0.29, 0.717) is 31.2 Å². The summed E-state index contributed by atoms with van der Waals surface area (Å²) in [6.07, 6.45) is -3.59. The molecule has 2 amide bonds. The summed E-state index contributed by atoms with van der Waals surface area (Å²) in [6, 6.07) is 8.99. The van der Waals surface area contributed by atoms with Crippen LogP contribution in [0.3, 0.4) is 0 Å². The Balaban J connectivity index is 1.25. The van der Waals surface area contributed by atoms with E-state index in [-0.39, 0.29) is 24.5 Å². The lowest BCUT2D eigenvalue weighted by atomic mass is 9.60. The van der Waals surface area contributed by atoms with Crippen LogP contribution in [0.2, 0.25) is 0 Å². The molecule has 5 rings (SSSR count). The second kappa shape index (κ2) is 10.7. The monoisotopic (exact) mass is 540 g/mol. The molecule has 0 heterocycles. The number of hydrogen-bond acceptors (Lipinski definition) is 6. The molecule has 0 aliphatic heterocycles. The summed E-state index contributed by atoms with van der Waals surface area (Å²) in [5, 5.41) is 16.7. The largest absolute Gasteiger partial charge is 0.573 e. The zero-order chi connectivity index (χ0) is 27.6. The minimum atomic E-state index is -4.81. The molecule has 0 saturated heterocycles. The van der Waals surface area contributed by atoms with Crippen molar-refractivity contribution in [2.45, 2.75) is 62.6 Å². The standard InChI is InChI=1S/C26H28F4N2O6/c1-16-2-3-19(12-20(16)27)37-14-22(34)31-24-8-10-25(11-9-24,21(33)13-24)32-23(35)15-36-17-4-6-18(7-5-17)38-26(28,29)30/h2-7,12,21,33H,8-11,13-15H2,1H3,(H,31,34)(H,32,35)/t21-,24?,25?/m1/s1. The number of amides is 2. The van der Waals surface area contributed by atoms with Crippen molar-refractivity contribution >= 4 is 11.8 Å². The second-order valence-corrected chi connectivity index (χ2v) is 9.76. The van der Waals surface area contributed by atoms with E-state index >= 15 is 0 Å². The Hall–Kier alpha value is -3.54. The molecule has 0 spiro atoms. The molecule has 3 aliphatic carbocycles. The predicted molar refractivity (Wildman–Crippen MR) is 126 cm³/mol. The molecule has 2 aromatic carbocycles. The van der Waals surface area contributed by atoms with E-state index in [1.54, 1.807) is 19.1 Å². The molecule has 2 bridgehead atoms. The quantitative estimate of drug-likeness (QED) is 0.421. The third-order valence-electron chi connectivity index (χ3n) is 7.05. The molecular weight excluding hydrogens is 512 g/mol. The summed E-state index contributed by atoms with van der Waals surface area (Å²) in [5.74, 6) is -1.30. The Labute approximate surface area is 216 Å².